The molecule has 82 valence electrons. The quantitative estimate of drug-likeness (QED) is 0.726. The molecule has 15 heavy (non-hydrogen) atoms. The lowest BCUT2D eigenvalue weighted by atomic mass is 10.2. The summed E-state index contributed by atoms with van der Waals surface area (Å²) in [4.78, 5) is 17.9. The molecule has 0 aliphatic carbocycles. The summed E-state index contributed by atoms with van der Waals surface area (Å²) in [6, 6.07) is 0.135. The van der Waals surface area contributed by atoms with Gasteiger partial charge < -0.3 is 9.64 Å². The molecule has 2 heterocycles. The van der Waals surface area contributed by atoms with E-state index in [2.05, 4.69) is 4.98 Å². The molecule has 4 nitrogen and oxygen atoms in total. The van der Waals surface area contributed by atoms with Gasteiger partial charge >= 0.3 is 0 Å². The molecule has 0 unspecified atom stereocenters. The van der Waals surface area contributed by atoms with Gasteiger partial charge in [-0.2, -0.15) is 0 Å². The summed E-state index contributed by atoms with van der Waals surface area (Å²) in [6.45, 7) is 5.23. The number of morpholine rings is 1. The van der Waals surface area contributed by atoms with E-state index in [0.717, 1.165) is 0 Å². The molecule has 0 spiro atoms. The van der Waals surface area contributed by atoms with Crippen molar-refractivity contribution in [3.05, 3.63) is 16.6 Å². The zero-order valence-corrected chi connectivity index (χ0v) is 9.66. The molecule has 1 saturated heterocycles. The standard InChI is InChI=1S/C10H14N2O2S/c1-7-4-14-8(2)3-12(7)10(13)9-5-15-6-11-9/h5-8H,3-4H2,1-2H3/t7-,8+/m1/s1. The molecule has 1 aromatic rings. The van der Waals surface area contributed by atoms with Crippen LogP contribution in [0.4, 0.5) is 0 Å². The molecule has 5 heteroatoms. The van der Waals surface area contributed by atoms with Crippen molar-refractivity contribution in [2.24, 2.45) is 0 Å². The van der Waals surface area contributed by atoms with E-state index in [0.29, 0.717) is 18.8 Å². The molecule has 1 aromatic heterocycles. The lowest BCUT2D eigenvalue weighted by Gasteiger charge is -2.36. The minimum absolute atomic E-state index is 0.0129. The maximum Gasteiger partial charge on any atom is 0.273 e. The fourth-order valence-corrected chi connectivity index (χ4v) is 2.18. The van der Waals surface area contributed by atoms with Crippen LogP contribution in [0.3, 0.4) is 0 Å². The van der Waals surface area contributed by atoms with Gasteiger partial charge in [-0.15, -0.1) is 11.3 Å². The largest absolute Gasteiger partial charge is 0.375 e. The Morgan fingerprint density at radius 2 is 2.47 bits per heavy atom. The Labute approximate surface area is 92.9 Å². The first kappa shape index (κ1) is 10.6. The number of rotatable bonds is 1. The summed E-state index contributed by atoms with van der Waals surface area (Å²) in [7, 11) is 0. The zero-order chi connectivity index (χ0) is 10.8. The molecule has 1 aliphatic heterocycles. The molecule has 2 rings (SSSR count). The van der Waals surface area contributed by atoms with Crippen LogP contribution in [0.25, 0.3) is 0 Å². The number of hydrogen-bond acceptors (Lipinski definition) is 4. The Morgan fingerprint density at radius 1 is 1.67 bits per heavy atom. The predicted octanol–water partition coefficient (Wildman–Crippen LogP) is 1.39. The third-order valence-electron chi connectivity index (χ3n) is 2.52. The van der Waals surface area contributed by atoms with Crippen molar-refractivity contribution in [1.29, 1.82) is 0 Å². The molecule has 1 aliphatic rings. The van der Waals surface area contributed by atoms with Crippen LogP contribution in [0.15, 0.2) is 10.9 Å². The minimum Gasteiger partial charge on any atom is -0.375 e. The lowest BCUT2D eigenvalue weighted by Crippen LogP contribution is -2.50. The summed E-state index contributed by atoms with van der Waals surface area (Å²) in [5.41, 5.74) is 2.22. The van der Waals surface area contributed by atoms with Crippen molar-refractivity contribution in [3.8, 4) is 0 Å². The van der Waals surface area contributed by atoms with Crippen LogP contribution in [0.5, 0.6) is 0 Å². The summed E-state index contributed by atoms with van der Waals surface area (Å²) >= 11 is 1.44. The van der Waals surface area contributed by atoms with E-state index in [-0.39, 0.29) is 18.1 Å². The number of carbonyl (C=O) groups is 1. The van der Waals surface area contributed by atoms with Crippen molar-refractivity contribution in [1.82, 2.24) is 9.88 Å². The molecule has 2 atom stereocenters. The second kappa shape index (κ2) is 4.28. The van der Waals surface area contributed by atoms with Gasteiger partial charge in [0.2, 0.25) is 0 Å². The van der Waals surface area contributed by atoms with Crippen molar-refractivity contribution in [2.75, 3.05) is 13.2 Å². The van der Waals surface area contributed by atoms with Gasteiger partial charge in [0, 0.05) is 11.9 Å². The van der Waals surface area contributed by atoms with Crippen LogP contribution in [0, 0.1) is 0 Å². The maximum atomic E-state index is 12.0. The molecule has 1 fully saturated rings. The summed E-state index contributed by atoms with van der Waals surface area (Å²) < 4.78 is 5.48. The number of aromatic nitrogens is 1. The van der Waals surface area contributed by atoms with Gasteiger partial charge in [0.1, 0.15) is 5.69 Å². The van der Waals surface area contributed by atoms with E-state index in [1.54, 1.807) is 10.9 Å². The van der Waals surface area contributed by atoms with Gasteiger partial charge in [-0.1, -0.05) is 0 Å². The molecule has 0 N–H and O–H groups in total. The van der Waals surface area contributed by atoms with Crippen molar-refractivity contribution >= 4 is 17.2 Å². The van der Waals surface area contributed by atoms with Crippen LogP contribution < -0.4 is 0 Å². The lowest BCUT2D eigenvalue weighted by molar-refractivity contribution is -0.0388. The molecule has 0 bridgehead atoms. The normalized spacial score (nSPS) is 26.7. The number of amides is 1. The Morgan fingerprint density at radius 3 is 3.13 bits per heavy atom. The van der Waals surface area contributed by atoms with Crippen LogP contribution in [0.1, 0.15) is 24.3 Å². The minimum atomic E-state index is 0.0129. The van der Waals surface area contributed by atoms with Gasteiger partial charge in [0.15, 0.2) is 0 Å². The van der Waals surface area contributed by atoms with Crippen LogP contribution in [-0.2, 0) is 4.74 Å². The smallest absolute Gasteiger partial charge is 0.273 e. The number of thiazole rings is 1. The number of ether oxygens (including phenoxy) is 1. The van der Waals surface area contributed by atoms with Crippen molar-refractivity contribution < 1.29 is 9.53 Å². The zero-order valence-electron chi connectivity index (χ0n) is 8.84. The van der Waals surface area contributed by atoms with Gasteiger partial charge in [0.25, 0.3) is 5.91 Å². The molecule has 0 saturated carbocycles. The van der Waals surface area contributed by atoms with Crippen molar-refractivity contribution in [3.63, 3.8) is 0 Å². The predicted molar refractivity (Wildman–Crippen MR) is 58.0 cm³/mol. The van der Waals surface area contributed by atoms with Crippen LogP contribution in [0.2, 0.25) is 0 Å². The Bertz CT molecular complexity index is 339. The van der Waals surface area contributed by atoms with Gasteiger partial charge in [-0.25, -0.2) is 4.98 Å². The van der Waals surface area contributed by atoms with E-state index >= 15 is 0 Å². The topological polar surface area (TPSA) is 42.4 Å². The van der Waals surface area contributed by atoms with Crippen LogP contribution >= 0.6 is 11.3 Å². The van der Waals surface area contributed by atoms with E-state index in [9.17, 15) is 4.79 Å². The van der Waals surface area contributed by atoms with Gasteiger partial charge in [-0.05, 0) is 13.8 Å². The third-order valence-corrected chi connectivity index (χ3v) is 3.11. The van der Waals surface area contributed by atoms with E-state index in [4.69, 9.17) is 4.74 Å². The summed E-state index contributed by atoms with van der Waals surface area (Å²) in [5, 5.41) is 1.79. The first-order valence-electron chi connectivity index (χ1n) is 4.99. The monoisotopic (exact) mass is 226 g/mol. The van der Waals surface area contributed by atoms with Gasteiger partial charge in [0.05, 0.1) is 24.3 Å². The first-order valence-corrected chi connectivity index (χ1v) is 5.93. The average molecular weight is 226 g/mol. The molecule has 0 aromatic carbocycles. The van der Waals surface area contributed by atoms with Crippen LogP contribution in [-0.4, -0.2) is 41.1 Å². The highest BCUT2D eigenvalue weighted by atomic mass is 32.1. The van der Waals surface area contributed by atoms with E-state index < -0.39 is 0 Å². The third kappa shape index (κ3) is 2.18. The Kier molecular flexibility index (Phi) is 3.02. The highest BCUT2D eigenvalue weighted by Gasteiger charge is 2.28. The highest BCUT2D eigenvalue weighted by Crippen LogP contribution is 2.15. The fraction of sp³-hybridized carbons (Fsp3) is 0.600. The second-order valence-corrected chi connectivity index (χ2v) is 4.54. The summed E-state index contributed by atoms with van der Waals surface area (Å²) in [5.74, 6) is 0.0129. The highest BCUT2D eigenvalue weighted by molar-refractivity contribution is 7.07. The number of carbonyl (C=O) groups excluding carboxylic acids is 1. The Hall–Kier alpha value is -0.940. The number of hydrogen-bond donors (Lipinski definition) is 0. The van der Waals surface area contributed by atoms with Crippen molar-refractivity contribution in [2.45, 2.75) is 26.0 Å². The van der Waals surface area contributed by atoms with E-state index in [1.165, 1.54) is 11.3 Å². The maximum absolute atomic E-state index is 12.0. The molecular weight excluding hydrogens is 212 g/mol. The Balaban J connectivity index is 2.12. The second-order valence-electron chi connectivity index (χ2n) is 3.82. The number of nitrogens with zero attached hydrogens (tertiary/aromatic N) is 2. The SMILES string of the molecule is C[C@@H]1CO[C@@H](C)CN1C(=O)c1cscn1. The molecular formula is C10H14N2O2S. The first-order chi connectivity index (χ1) is 7.18. The average Bonchev–Trinajstić information content (AvgIpc) is 2.74. The molecule has 1 amide bonds. The van der Waals surface area contributed by atoms with E-state index in [1.807, 2.05) is 18.7 Å². The van der Waals surface area contributed by atoms with Gasteiger partial charge in [-0.3, -0.25) is 4.79 Å². The summed E-state index contributed by atoms with van der Waals surface area (Å²) in [6.07, 6.45) is 0.115. The molecule has 0 radical (unpaired) electrons. The fourth-order valence-electron chi connectivity index (χ4n) is 1.65.